The molecule has 1 atom stereocenters. The molecule has 0 saturated carbocycles. The fourth-order valence-electron chi connectivity index (χ4n) is 1.77. The SMILES string of the molecule is CCC1=CC(F)=C(CC)CC1C. The summed E-state index contributed by atoms with van der Waals surface area (Å²) in [6.07, 6.45) is 4.48. The first-order valence-corrected chi connectivity index (χ1v) is 4.77. The molecule has 0 fully saturated rings. The molecule has 1 heteroatoms. The van der Waals surface area contributed by atoms with E-state index in [1.54, 1.807) is 6.08 Å². The number of rotatable bonds is 2. The summed E-state index contributed by atoms with van der Waals surface area (Å²) in [5.74, 6) is 0.567. The summed E-state index contributed by atoms with van der Waals surface area (Å²) in [6.45, 7) is 6.29. The van der Waals surface area contributed by atoms with E-state index >= 15 is 0 Å². The fourth-order valence-corrected chi connectivity index (χ4v) is 1.77. The lowest BCUT2D eigenvalue weighted by Gasteiger charge is -2.21. The second-order valence-corrected chi connectivity index (χ2v) is 3.48. The van der Waals surface area contributed by atoms with Gasteiger partial charge in [0.05, 0.1) is 0 Å². The quantitative estimate of drug-likeness (QED) is 0.584. The predicted molar refractivity (Wildman–Crippen MR) is 50.6 cm³/mol. The fraction of sp³-hybridized carbons (Fsp3) is 0.636. The van der Waals surface area contributed by atoms with Gasteiger partial charge in [0.1, 0.15) is 5.83 Å². The lowest BCUT2D eigenvalue weighted by Crippen LogP contribution is -2.06. The first-order valence-electron chi connectivity index (χ1n) is 4.77. The van der Waals surface area contributed by atoms with Crippen molar-refractivity contribution in [3.05, 3.63) is 23.0 Å². The third kappa shape index (κ3) is 1.77. The monoisotopic (exact) mass is 168 g/mol. The maximum Gasteiger partial charge on any atom is 0.122 e. The van der Waals surface area contributed by atoms with Gasteiger partial charge in [-0.05, 0) is 36.8 Å². The lowest BCUT2D eigenvalue weighted by molar-refractivity contribution is 0.559. The molecule has 0 heterocycles. The summed E-state index contributed by atoms with van der Waals surface area (Å²) >= 11 is 0. The number of hydrogen-bond donors (Lipinski definition) is 0. The molecule has 0 aromatic heterocycles. The first-order chi connectivity index (χ1) is 5.69. The molecule has 0 nitrogen and oxygen atoms in total. The van der Waals surface area contributed by atoms with E-state index in [1.165, 1.54) is 5.57 Å². The standard InChI is InChI=1S/C11H17F/c1-4-9-7-11(12)10(5-2)6-8(9)3/h7-8H,4-6H2,1-3H3. The minimum absolute atomic E-state index is 0.0208. The van der Waals surface area contributed by atoms with E-state index in [2.05, 4.69) is 13.8 Å². The van der Waals surface area contributed by atoms with Gasteiger partial charge in [0.2, 0.25) is 0 Å². The van der Waals surface area contributed by atoms with Crippen LogP contribution in [-0.4, -0.2) is 0 Å². The predicted octanol–water partition coefficient (Wildman–Crippen LogP) is 4.00. The maximum atomic E-state index is 13.3. The number of halogens is 1. The summed E-state index contributed by atoms with van der Waals surface area (Å²) in [5, 5.41) is 0. The van der Waals surface area contributed by atoms with Gasteiger partial charge in [-0.25, -0.2) is 4.39 Å². The van der Waals surface area contributed by atoms with Crippen LogP contribution in [0.15, 0.2) is 23.0 Å². The Labute approximate surface area is 74.2 Å². The van der Waals surface area contributed by atoms with Crippen LogP contribution in [0.3, 0.4) is 0 Å². The highest BCUT2D eigenvalue weighted by molar-refractivity contribution is 5.30. The third-order valence-electron chi connectivity index (χ3n) is 2.67. The van der Waals surface area contributed by atoms with Crippen molar-refractivity contribution in [1.82, 2.24) is 0 Å². The van der Waals surface area contributed by atoms with E-state index in [9.17, 15) is 4.39 Å². The van der Waals surface area contributed by atoms with Crippen molar-refractivity contribution in [3.63, 3.8) is 0 Å². The Morgan fingerprint density at radius 3 is 2.58 bits per heavy atom. The zero-order valence-corrected chi connectivity index (χ0v) is 8.15. The van der Waals surface area contributed by atoms with Crippen LogP contribution in [-0.2, 0) is 0 Å². The average Bonchev–Trinajstić information content (AvgIpc) is 2.08. The van der Waals surface area contributed by atoms with Crippen LogP contribution >= 0.6 is 0 Å². The molecule has 0 aliphatic heterocycles. The average molecular weight is 168 g/mol. The van der Waals surface area contributed by atoms with Crippen LogP contribution in [0.1, 0.15) is 40.0 Å². The molecule has 12 heavy (non-hydrogen) atoms. The molecular weight excluding hydrogens is 151 g/mol. The molecule has 1 rings (SSSR count). The summed E-state index contributed by atoms with van der Waals surface area (Å²) in [4.78, 5) is 0. The van der Waals surface area contributed by atoms with Gasteiger partial charge >= 0.3 is 0 Å². The molecule has 68 valence electrons. The Hall–Kier alpha value is -0.590. The molecule has 0 saturated heterocycles. The van der Waals surface area contributed by atoms with Crippen molar-refractivity contribution in [3.8, 4) is 0 Å². The minimum atomic E-state index is 0.0208. The molecule has 0 N–H and O–H groups in total. The highest BCUT2D eigenvalue weighted by Gasteiger charge is 2.17. The van der Waals surface area contributed by atoms with Gasteiger partial charge in [-0.1, -0.05) is 26.3 Å². The zero-order chi connectivity index (χ0) is 9.14. The van der Waals surface area contributed by atoms with Crippen LogP contribution in [0.25, 0.3) is 0 Å². The van der Waals surface area contributed by atoms with Crippen molar-refractivity contribution in [2.45, 2.75) is 40.0 Å². The molecule has 0 bridgehead atoms. The van der Waals surface area contributed by atoms with Gasteiger partial charge in [0.15, 0.2) is 0 Å². The van der Waals surface area contributed by atoms with E-state index in [4.69, 9.17) is 0 Å². The summed E-state index contributed by atoms with van der Waals surface area (Å²) in [7, 11) is 0. The zero-order valence-electron chi connectivity index (χ0n) is 8.15. The molecular formula is C11H17F. The minimum Gasteiger partial charge on any atom is -0.207 e. The first kappa shape index (κ1) is 9.50. The summed E-state index contributed by atoms with van der Waals surface area (Å²) in [6, 6.07) is 0. The molecule has 1 aliphatic carbocycles. The van der Waals surface area contributed by atoms with Crippen LogP contribution in [0.5, 0.6) is 0 Å². The normalized spacial score (nSPS) is 24.3. The molecule has 1 aliphatic rings. The molecule has 0 spiro atoms. The second kappa shape index (κ2) is 3.88. The molecule has 0 amide bonds. The van der Waals surface area contributed by atoms with Crippen molar-refractivity contribution in [1.29, 1.82) is 0 Å². The Morgan fingerprint density at radius 2 is 2.08 bits per heavy atom. The van der Waals surface area contributed by atoms with E-state index in [1.807, 2.05) is 6.92 Å². The molecule has 1 unspecified atom stereocenters. The van der Waals surface area contributed by atoms with Crippen molar-refractivity contribution in [2.24, 2.45) is 5.92 Å². The van der Waals surface area contributed by atoms with Crippen molar-refractivity contribution >= 4 is 0 Å². The Bertz CT molecular complexity index is 223. The van der Waals surface area contributed by atoms with E-state index in [-0.39, 0.29) is 5.83 Å². The Balaban J connectivity index is 2.87. The van der Waals surface area contributed by atoms with Gasteiger partial charge < -0.3 is 0 Å². The van der Waals surface area contributed by atoms with E-state index < -0.39 is 0 Å². The summed E-state index contributed by atoms with van der Waals surface area (Å²) < 4.78 is 13.3. The van der Waals surface area contributed by atoms with Crippen molar-refractivity contribution < 1.29 is 4.39 Å². The molecule has 0 aromatic rings. The third-order valence-corrected chi connectivity index (χ3v) is 2.67. The Morgan fingerprint density at radius 1 is 1.42 bits per heavy atom. The highest BCUT2D eigenvalue weighted by atomic mass is 19.1. The number of hydrogen-bond acceptors (Lipinski definition) is 0. The Kier molecular flexibility index (Phi) is 3.07. The van der Waals surface area contributed by atoms with Crippen molar-refractivity contribution in [2.75, 3.05) is 0 Å². The number of allylic oxidation sites excluding steroid dienone is 4. The van der Waals surface area contributed by atoms with Gasteiger partial charge in [-0.15, -0.1) is 0 Å². The topological polar surface area (TPSA) is 0 Å². The summed E-state index contributed by atoms with van der Waals surface area (Å²) in [5.41, 5.74) is 2.24. The van der Waals surface area contributed by atoms with E-state index in [0.29, 0.717) is 5.92 Å². The maximum absolute atomic E-state index is 13.3. The van der Waals surface area contributed by atoms with Gasteiger partial charge in [-0.3, -0.25) is 0 Å². The molecule has 0 radical (unpaired) electrons. The van der Waals surface area contributed by atoms with Gasteiger partial charge in [0.25, 0.3) is 0 Å². The van der Waals surface area contributed by atoms with Crippen LogP contribution in [0.2, 0.25) is 0 Å². The largest absolute Gasteiger partial charge is 0.207 e. The van der Waals surface area contributed by atoms with Gasteiger partial charge in [0, 0.05) is 0 Å². The van der Waals surface area contributed by atoms with Crippen LogP contribution in [0, 0.1) is 5.92 Å². The smallest absolute Gasteiger partial charge is 0.122 e. The van der Waals surface area contributed by atoms with Gasteiger partial charge in [-0.2, -0.15) is 0 Å². The van der Waals surface area contributed by atoms with E-state index in [0.717, 1.165) is 24.8 Å². The van der Waals surface area contributed by atoms with Crippen LogP contribution in [0.4, 0.5) is 4.39 Å². The second-order valence-electron chi connectivity index (χ2n) is 3.48. The lowest BCUT2D eigenvalue weighted by atomic mass is 9.86. The highest BCUT2D eigenvalue weighted by Crippen LogP contribution is 2.32. The van der Waals surface area contributed by atoms with Crippen LogP contribution < -0.4 is 0 Å². The molecule has 0 aromatic carbocycles.